The Labute approximate surface area is 201 Å². The molecule has 3 aromatic carbocycles. The first-order chi connectivity index (χ1) is 16.7. The maximum Gasteiger partial charge on any atom is 0.119 e. The standard InChI is InChI=1S/C30H31NO3/c1-33-24-10-13-25-21(18-24)6-11-27-28-19-22(32)7-12-26(28)29(30(25)27)20-4-8-23(9-5-20)34-17-16-31-14-2-3-15-31/h4-5,7-10,12-13,18-19,29,32H,2-3,6,11,14-17H2,1H3. The molecule has 1 aliphatic heterocycles. The molecule has 2 aliphatic carbocycles. The van der Waals surface area contributed by atoms with E-state index < -0.39 is 0 Å². The van der Waals surface area contributed by atoms with Crippen LogP contribution in [0.25, 0.3) is 11.1 Å². The summed E-state index contributed by atoms with van der Waals surface area (Å²) in [5.41, 5.74) is 9.08. The molecule has 1 N–H and O–H groups in total. The minimum absolute atomic E-state index is 0.150. The number of allylic oxidation sites excluding steroid dienone is 2. The summed E-state index contributed by atoms with van der Waals surface area (Å²) in [4.78, 5) is 2.47. The van der Waals surface area contributed by atoms with E-state index in [4.69, 9.17) is 9.47 Å². The van der Waals surface area contributed by atoms with Crippen LogP contribution in [0.15, 0.2) is 60.7 Å². The van der Waals surface area contributed by atoms with Crippen molar-refractivity contribution in [3.8, 4) is 17.2 Å². The number of fused-ring (bicyclic) bond motifs is 4. The number of hydrogen-bond donors (Lipinski definition) is 1. The number of methoxy groups -OCH3 is 1. The highest BCUT2D eigenvalue weighted by atomic mass is 16.5. The van der Waals surface area contributed by atoms with Gasteiger partial charge in [-0.2, -0.15) is 0 Å². The molecule has 34 heavy (non-hydrogen) atoms. The Morgan fingerprint density at radius 2 is 1.68 bits per heavy atom. The maximum atomic E-state index is 10.2. The molecule has 0 radical (unpaired) electrons. The summed E-state index contributed by atoms with van der Waals surface area (Å²) in [6.07, 6.45) is 4.57. The minimum Gasteiger partial charge on any atom is -0.508 e. The van der Waals surface area contributed by atoms with E-state index in [0.717, 1.165) is 37.5 Å². The van der Waals surface area contributed by atoms with E-state index in [1.165, 1.54) is 64.9 Å². The molecule has 0 spiro atoms. The summed E-state index contributed by atoms with van der Waals surface area (Å²) in [5.74, 6) is 2.31. The van der Waals surface area contributed by atoms with Crippen molar-refractivity contribution in [2.45, 2.75) is 31.6 Å². The van der Waals surface area contributed by atoms with Gasteiger partial charge >= 0.3 is 0 Å². The van der Waals surface area contributed by atoms with Crippen molar-refractivity contribution in [3.05, 3.63) is 88.5 Å². The second-order valence-electron chi connectivity index (χ2n) is 9.59. The predicted octanol–water partition coefficient (Wildman–Crippen LogP) is 5.88. The molecule has 0 saturated carbocycles. The van der Waals surface area contributed by atoms with Crippen molar-refractivity contribution in [1.82, 2.24) is 4.90 Å². The molecular formula is C30H31NO3. The fourth-order valence-corrected chi connectivity index (χ4v) is 5.95. The highest BCUT2D eigenvalue weighted by Crippen LogP contribution is 2.55. The molecule has 0 amide bonds. The van der Waals surface area contributed by atoms with Crippen LogP contribution in [-0.2, 0) is 6.42 Å². The average Bonchev–Trinajstić information content (AvgIpc) is 3.50. The van der Waals surface area contributed by atoms with Crippen LogP contribution in [0.4, 0.5) is 0 Å². The quantitative estimate of drug-likeness (QED) is 0.506. The lowest BCUT2D eigenvalue weighted by Crippen LogP contribution is -2.25. The van der Waals surface area contributed by atoms with Crippen LogP contribution in [0.1, 0.15) is 53.0 Å². The van der Waals surface area contributed by atoms with Crippen LogP contribution in [0.2, 0.25) is 0 Å². The molecule has 3 aromatic rings. The molecule has 6 rings (SSSR count). The van der Waals surface area contributed by atoms with Crippen LogP contribution in [0, 0.1) is 0 Å². The van der Waals surface area contributed by atoms with Crippen LogP contribution < -0.4 is 9.47 Å². The number of nitrogens with zero attached hydrogens (tertiary/aromatic N) is 1. The summed E-state index contributed by atoms with van der Waals surface area (Å²) in [6, 6.07) is 20.9. The van der Waals surface area contributed by atoms with E-state index >= 15 is 0 Å². The molecule has 1 fully saturated rings. The summed E-state index contributed by atoms with van der Waals surface area (Å²) in [6.45, 7) is 4.13. The highest BCUT2D eigenvalue weighted by Gasteiger charge is 2.36. The first-order valence-electron chi connectivity index (χ1n) is 12.4. The highest BCUT2D eigenvalue weighted by molar-refractivity contribution is 6.03. The number of benzene rings is 3. The Morgan fingerprint density at radius 1 is 0.882 bits per heavy atom. The topological polar surface area (TPSA) is 41.9 Å². The van der Waals surface area contributed by atoms with Gasteiger partial charge in [0.05, 0.1) is 7.11 Å². The fourth-order valence-electron chi connectivity index (χ4n) is 5.95. The van der Waals surface area contributed by atoms with Gasteiger partial charge in [-0.25, -0.2) is 0 Å². The third-order valence-electron chi connectivity index (χ3n) is 7.62. The number of aromatic hydroxyl groups is 1. The molecule has 0 aromatic heterocycles. The molecule has 4 heteroatoms. The number of ether oxygens (including phenoxy) is 2. The van der Waals surface area contributed by atoms with E-state index in [9.17, 15) is 5.11 Å². The number of rotatable bonds is 6. The summed E-state index contributed by atoms with van der Waals surface area (Å²) in [5, 5.41) is 10.2. The molecule has 0 bridgehead atoms. The first kappa shape index (κ1) is 21.3. The lowest BCUT2D eigenvalue weighted by atomic mass is 9.79. The van der Waals surface area contributed by atoms with Crippen molar-refractivity contribution < 1.29 is 14.6 Å². The smallest absolute Gasteiger partial charge is 0.119 e. The Balaban J connectivity index is 1.32. The van der Waals surface area contributed by atoms with Gasteiger partial charge in [0.1, 0.15) is 23.9 Å². The normalized spacial score (nSPS) is 19.0. The molecule has 3 aliphatic rings. The van der Waals surface area contributed by atoms with E-state index in [-0.39, 0.29) is 5.92 Å². The van der Waals surface area contributed by atoms with Gasteiger partial charge in [0.2, 0.25) is 0 Å². The van der Waals surface area contributed by atoms with Gasteiger partial charge in [-0.05, 0) is 114 Å². The molecule has 1 atom stereocenters. The molecule has 1 saturated heterocycles. The van der Waals surface area contributed by atoms with E-state index in [1.54, 1.807) is 7.11 Å². The van der Waals surface area contributed by atoms with Crippen molar-refractivity contribution in [3.63, 3.8) is 0 Å². The Kier molecular flexibility index (Phi) is 5.54. The SMILES string of the molecule is COc1ccc2c(c1)CCC1=C2C(c2ccc(OCCN3CCCC3)cc2)c2ccc(O)cc21. The Morgan fingerprint density at radius 3 is 2.47 bits per heavy atom. The van der Waals surface area contributed by atoms with Crippen LogP contribution in [0.3, 0.4) is 0 Å². The van der Waals surface area contributed by atoms with Gasteiger partial charge in [-0.1, -0.05) is 24.3 Å². The Bertz CT molecular complexity index is 1240. The van der Waals surface area contributed by atoms with Gasteiger partial charge in [0.15, 0.2) is 0 Å². The van der Waals surface area contributed by atoms with Gasteiger partial charge in [0.25, 0.3) is 0 Å². The van der Waals surface area contributed by atoms with Crippen molar-refractivity contribution in [1.29, 1.82) is 0 Å². The second kappa shape index (κ2) is 8.84. The maximum absolute atomic E-state index is 10.2. The molecule has 174 valence electrons. The van der Waals surface area contributed by atoms with Crippen molar-refractivity contribution >= 4 is 11.1 Å². The number of hydrogen-bond acceptors (Lipinski definition) is 4. The van der Waals surface area contributed by atoms with E-state index in [1.807, 2.05) is 12.1 Å². The zero-order valence-electron chi connectivity index (χ0n) is 19.7. The van der Waals surface area contributed by atoms with Gasteiger partial charge in [0, 0.05) is 12.5 Å². The third kappa shape index (κ3) is 3.76. The fraction of sp³-hybridized carbons (Fsp3) is 0.333. The van der Waals surface area contributed by atoms with E-state index in [0.29, 0.717) is 5.75 Å². The zero-order valence-corrected chi connectivity index (χ0v) is 19.7. The lowest BCUT2D eigenvalue weighted by molar-refractivity contribution is 0.238. The largest absolute Gasteiger partial charge is 0.508 e. The molecule has 4 nitrogen and oxygen atoms in total. The minimum atomic E-state index is 0.150. The third-order valence-corrected chi connectivity index (χ3v) is 7.62. The Hall–Kier alpha value is -3.24. The van der Waals surface area contributed by atoms with Gasteiger partial charge in [-0.15, -0.1) is 0 Å². The monoisotopic (exact) mass is 453 g/mol. The molecule has 1 heterocycles. The number of phenols is 1. The van der Waals surface area contributed by atoms with Gasteiger partial charge in [-0.3, -0.25) is 4.90 Å². The molecular weight excluding hydrogens is 422 g/mol. The second-order valence-corrected chi connectivity index (χ2v) is 9.59. The number of likely N-dealkylation sites (tertiary alicyclic amines) is 1. The predicted molar refractivity (Wildman–Crippen MR) is 136 cm³/mol. The van der Waals surface area contributed by atoms with Crippen molar-refractivity contribution in [2.24, 2.45) is 0 Å². The first-order valence-corrected chi connectivity index (χ1v) is 12.4. The summed E-state index contributed by atoms with van der Waals surface area (Å²) >= 11 is 0. The van der Waals surface area contributed by atoms with Crippen LogP contribution >= 0.6 is 0 Å². The number of phenolic OH excluding ortho intramolecular Hbond substituents is 1. The van der Waals surface area contributed by atoms with Gasteiger partial charge < -0.3 is 14.6 Å². The summed E-state index contributed by atoms with van der Waals surface area (Å²) in [7, 11) is 1.72. The van der Waals surface area contributed by atoms with Crippen molar-refractivity contribution in [2.75, 3.05) is 33.4 Å². The van der Waals surface area contributed by atoms with E-state index in [2.05, 4.69) is 53.4 Å². The van der Waals surface area contributed by atoms with Crippen LogP contribution in [-0.4, -0.2) is 43.4 Å². The number of aryl methyl sites for hydroxylation is 1. The molecule has 1 unspecified atom stereocenters. The zero-order chi connectivity index (χ0) is 23.1. The lowest BCUT2D eigenvalue weighted by Gasteiger charge is -2.24. The summed E-state index contributed by atoms with van der Waals surface area (Å²) < 4.78 is 11.6. The van der Waals surface area contributed by atoms with Crippen LogP contribution in [0.5, 0.6) is 17.2 Å². The average molecular weight is 454 g/mol.